The van der Waals surface area contributed by atoms with E-state index in [0.29, 0.717) is 19.3 Å². The van der Waals surface area contributed by atoms with Crippen molar-refractivity contribution in [3.8, 4) is 0 Å². The second-order valence-corrected chi connectivity index (χ2v) is 22.3. The maximum absolute atomic E-state index is 12.9. The highest BCUT2D eigenvalue weighted by atomic mass is 16.6. The van der Waals surface area contributed by atoms with Gasteiger partial charge in [-0.2, -0.15) is 0 Å². The van der Waals surface area contributed by atoms with Crippen molar-refractivity contribution in [3.63, 3.8) is 0 Å². The molecule has 1 unspecified atom stereocenters. The number of esters is 3. The van der Waals surface area contributed by atoms with Crippen molar-refractivity contribution in [2.75, 3.05) is 13.2 Å². The maximum Gasteiger partial charge on any atom is 0.306 e. The number of carbonyl (C=O) groups is 3. The van der Waals surface area contributed by atoms with Crippen molar-refractivity contribution in [1.82, 2.24) is 0 Å². The number of rotatable bonds is 61. The average molecular weight is 1150 g/mol. The quantitative estimate of drug-likeness (QED) is 0.0261. The normalized spacial score (nSPS) is 13.0. The van der Waals surface area contributed by atoms with Gasteiger partial charge in [-0.05, 0) is 141 Å². The number of hydrogen-bond acceptors (Lipinski definition) is 6. The maximum atomic E-state index is 12.9. The van der Waals surface area contributed by atoms with Crippen molar-refractivity contribution in [1.29, 1.82) is 0 Å². The van der Waals surface area contributed by atoms with E-state index in [9.17, 15) is 14.4 Å². The molecule has 0 bridgehead atoms. The van der Waals surface area contributed by atoms with E-state index < -0.39 is 6.10 Å². The van der Waals surface area contributed by atoms with Crippen LogP contribution in [0.1, 0.15) is 303 Å². The van der Waals surface area contributed by atoms with Crippen LogP contribution in [-0.4, -0.2) is 37.2 Å². The number of allylic oxidation sites excluding steroid dienone is 24. The lowest BCUT2D eigenvalue weighted by Crippen LogP contribution is -2.30. The molecule has 0 N–H and O–H groups in total. The van der Waals surface area contributed by atoms with Gasteiger partial charge in [-0.3, -0.25) is 14.4 Å². The fourth-order valence-electron chi connectivity index (χ4n) is 9.23. The molecule has 0 rings (SSSR count). The lowest BCUT2D eigenvalue weighted by molar-refractivity contribution is -0.167. The van der Waals surface area contributed by atoms with E-state index in [-0.39, 0.29) is 31.1 Å². The third-order valence-electron chi connectivity index (χ3n) is 14.3. The zero-order valence-corrected chi connectivity index (χ0v) is 53.9. The molecule has 0 amide bonds. The van der Waals surface area contributed by atoms with Gasteiger partial charge < -0.3 is 14.2 Å². The summed E-state index contributed by atoms with van der Waals surface area (Å²) in [7, 11) is 0. The van der Waals surface area contributed by atoms with Gasteiger partial charge in [0, 0.05) is 19.3 Å². The highest BCUT2D eigenvalue weighted by Crippen LogP contribution is 2.16. The SMILES string of the molecule is CC/C=C\C/C=C\C/C=C\C/C=C\C/C=C\C/C=C\C/C=C\CCCCCCCCCCCCCCCC(=O)OCC(COC(=O)CCCCC/C=C\C/C=C\C/C=C\CC)OC(=O)CCCCCCCCC/C=C\C/C=C\CCCCC. The van der Waals surface area contributed by atoms with Gasteiger partial charge in [-0.15, -0.1) is 0 Å². The summed E-state index contributed by atoms with van der Waals surface area (Å²) in [6.45, 7) is 6.36. The lowest BCUT2D eigenvalue weighted by Gasteiger charge is -2.18. The predicted octanol–water partition coefficient (Wildman–Crippen LogP) is 23.9. The number of unbranched alkanes of at least 4 members (excludes halogenated alkanes) is 26. The largest absolute Gasteiger partial charge is 0.462 e. The molecule has 0 aromatic carbocycles. The Bertz CT molecular complexity index is 1800. The minimum absolute atomic E-state index is 0.0938. The Morgan fingerprint density at radius 1 is 0.253 bits per heavy atom. The molecule has 0 fully saturated rings. The third kappa shape index (κ3) is 68.0. The summed E-state index contributed by atoms with van der Waals surface area (Å²) in [5, 5.41) is 0. The van der Waals surface area contributed by atoms with Gasteiger partial charge in [-0.25, -0.2) is 0 Å². The van der Waals surface area contributed by atoms with Crippen molar-refractivity contribution >= 4 is 17.9 Å². The van der Waals surface area contributed by atoms with Crippen LogP contribution in [0.2, 0.25) is 0 Å². The molecule has 0 saturated carbocycles. The lowest BCUT2D eigenvalue weighted by atomic mass is 10.0. The minimum Gasteiger partial charge on any atom is -0.462 e. The molecule has 0 aliphatic carbocycles. The van der Waals surface area contributed by atoms with Gasteiger partial charge in [0.25, 0.3) is 0 Å². The molecule has 0 saturated heterocycles. The van der Waals surface area contributed by atoms with Crippen LogP contribution in [0.3, 0.4) is 0 Å². The smallest absolute Gasteiger partial charge is 0.306 e. The molecule has 0 aliphatic heterocycles. The Hall–Kier alpha value is -4.71. The Kier molecular flexibility index (Phi) is 65.8. The molecular weight excluding hydrogens is 1020 g/mol. The number of carbonyl (C=O) groups excluding carboxylic acids is 3. The second kappa shape index (κ2) is 69.8. The topological polar surface area (TPSA) is 78.9 Å². The van der Waals surface area contributed by atoms with Crippen LogP contribution in [0, 0.1) is 0 Å². The molecule has 0 aliphatic rings. The minimum atomic E-state index is -0.800. The summed E-state index contributed by atoms with van der Waals surface area (Å²) in [5.74, 6) is -0.929. The molecule has 6 nitrogen and oxygen atoms in total. The number of ether oxygens (including phenoxy) is 3. The summed E-state index contributed by atoms with van der Waals surface area (Å²) < 4.78 is 16.9. The molecule has 0 spiro atoms. The third-order valence-corrected chi connectivity index (χ3v) is 14.3. The Morgan fingerprint density at radius 3 is 0.747 bits per heavy atom. The molecule has 0 radical (unpaired) electrons. The Balaban J connectivity index is 4.23. The fraction of sp³-hybridized carbons (Fsp3) is 0.649. The van der Waals surface area contributed by atoms with E-state index in [4.69, 9.17) is 14.2 Å². The van der Waals surface area contributed by atoms with Crippen LogP contribution >= 0.6 is 0 Å². The van der Waals surface area contributed by atoms with Gasteiger partial charge in [0.05, 0.1) is 0 Å². The van der Waals surface area contributed by atoms with Gasteiger partial charge in [0.15, 0.2) is 6.10 Å². The van der Waals surface area contributed by atoms with Gasteiger partial charge in [-0.1, -0.05) is 289 Å². The average Bonchev–Trinajstić information content (AvgIpc) is 3.49. The molecule has 1 atom stereocenters. The van der Waals surface area contributed by atoms with E-state index in [1.165, 1.54) is 122 Å². The van der Waals surface area contributed by atoms with Crippen LogP contribution in [0.4, 0.5) is 0 Å². The Labute approximate surface area is 512 Å². The van der Waals surface area contributed by atoms with E-state index in [1.807, 2.05) is 0 Å². The van der Waals surface area contributed by atoms with E-state index in [2.05, 4.69) is 167 Å². The highest BCUT2D eigenvalue weighted by Gasteiger charge is 2.19. The molecular formula is C77H126O6. The first-order valence-electron chi connectivity index (χ1n) is 34.3. The van der Waals surface area contributed by atoms with Crippen LogP contribution in [0.15, 0.2) is 146 Å². The van der Waals surface area contributed by atoms with E-state index >= 15 is 0 Å². The highest BCUT2D eigenvalue weighted by molar-refractivity contribution is 5.71. The molecule has 6 heteroatoms. The predicted molar refractivity (Wildman–Crippen MR) is 362 cm³/mol. The summed E-state index contributed by atoms with van der Waals surface area (Å²) in [5.41, 5.74) is 0. The van der Waals surface area contributed by atoms with Gasteiger partial charge in [0.2, 0.25) is 0 Å². The molecule has 0 heterocycles. The zero-order valence-electron chi connectivity index (χ0n) is 53.9. The van der Waals surface area contributed by atoms with Gasteiger partial charge in [0.1, 0.15) is 13.2 Å². The van der Waals surface area contributed by atoms with Crippen molar-refractivity contribution in [2.24, 2.45) is 0 Å². The summed E-state index contributed by atoms with van der Waals surface area (Å²) in [4.78, 5) is 38.3. The van der Waals surface area contributed by atoms with Crippen LogP contribution in [0.5, 0.6) is 0 Å². The monoisotopic (exact) mass is 1150 g/mol. The second-order valence-electron chi connectivity index (χ2n) is 22.3. The summed E-state index contributed by atoms with van der Waals surface area (Å²) >= 11 is 0. The first kappa shape index (κ1) is 78.3. The first-order chi connectivity index (χ1) is 41.0. The first-order valence-corrected chi connectivity index (χ1v) is 34.3. The van der Waals surface area contributed by atoms with E-state index in [0.717, 1.165) is 141 Å². The zero-order chi connectivity index (χ0) is 59.9. The molecule has 470 valence electrons. The molecule has 0 aromatic heterocycles. The van der Waals surface area contributed by atoms with Crippen LogP contribution < -0.4 is 0 Å². The van der Waals surface area contributed by atoms with Crippen LogP contribution in [-0.2, 0) is 28.6 Å². The van der Waals surface area contributed by atoms with E-state index in [1.54, 1.807) is 0 Å². The summed E-state index contributed by atoms with van der Waals surface area (Å²) in [6.07, 6.45) is 100. The van der Waals surface area contributed by atoms with Crippen molar-refractivity contribution in [3.05, 3.63) is 146 Å². The van der Waals surface area contributed by atoms with Crippen molar-refractivity contribution in [2.45, 2.75) is 309 Å². The molecule has 0 aromatic rings. The standard InChI is InChI=1S/C77H126O6/c1-4-7-10-13-16-19-22-25-27-29-30-31-32-33-34-35-36-37-38-39-40-41-42-43-44-45-46-48-49-52-55-58-61-64-67-70-76(79)82-73-74(72-81-75(78)69-66-63-60-57-54-51-24-21-18-15-12-9-6-3)83-77(80)71-68-65-62-59-56-53-50-47-28-26-23-20-17-14-11-8-5-2/h7,9-10,12,16-21,25-28,30-31,33-34,36-37,39-40,51,54,74H,4-6,8,11,13-15,22-24,29,32,35,38,41-50,52-53,55-73H2,1-3H3/b10-7-,12-9-,19-16-,20-17-,21-18-,27-25-,28-26-,31-30-,34-33-,37-36-,40-39-,54-51-. The van der Waals surface area contributed by atoms with Gasteiger partial charge >= 0.3 is 17.9 Å². The summed E-state index contributed by atoms with van der Waals surface area (Å²) in [6, 6.07) is 0. The Morgan fingerprint density at radius 2 is 0.470 bits per heavy atom. The number of hydrogen-bond donors (Lipinski definition) is 0. The van der Waals surface area contributed by atoms with Crippen molar-refractivity contribution < 1.29 is 28.6 Å². The molecule has 83 heavy (non-hydrogen) atoms. The van der Waals surface area contributed by atoms with Crippen LogP contribution in [0.25, 0.3) is 0 Å². The fourth-order valence-corrected chi connectivity index (χ4v) is 9.23.